The van der Waals surface area contributed by atoms with Crippen LogP contribution in [-0.2, 0) is 14.4 Å². The predicted octanol–water partition coefficient (Wildman–Crippen LogP) is 2.26. The maximum atomic E-state index is 11.7. The first-order valence-electron chi connectivity index (χ1n) is 6.92. The van der Waals surface area contributed by atoms with Gasteiger partial charge >= 0.3 is 0 Å². The van der Waals surface area contributed by atoms with E-state index in [0.717, 1.165) is 36.1 Å². The molecular formula is C15H21NO4. The van der Waals surface area contributed by atoms with Crippen LogP contribution in [0.15, 0.2) is 18.2 Å². The zero-order chi connectivity index (χ0) is 14.4. The normalized spacial score (nSPS) is 18.6. The second-order valence-corrected chi connectivity index (χ2v) is 4.95. The smallest absolute Gasteiger partial charge is 0.281 e. The van der Waals surface area contributed by atoms with Gasteiger partial charge in [-0.15, -0.1) is 0 Å². The van der Waals surface area contributed by atoms with Crippen LogP contribution in [0.3, 0.4) is 0 Å². The molecule has 1 aliphatic rings. The van der Waals surface area contributed by atoms with Gasteiger partial charge in [0.05, 0.1) is 0 Å². The van der Waals surface area contributed by atoms with Crippen molar-refractivity contribution in [2.45, 2.75) is 39.4 Å². The van der Waals surface area contributed by atoms with Gasteiger partial charge < -0.3 is 9.47 Å². The standard InChI is InChI=1S/C15H21NO4/c1-11-6-5-7-12(2)15(11)19-10-13(17)16-20-14-8-3-4-9-18-14/h5-7,14H,3-4,8-10H2,1-2H3,(H,16,17)/t14-/m0/s1. The van der Waals surface area contributed by atoms with E-state index >= 15 is 0 Å². The zero-order valence-electron chi connectivity index (χ0n) is 12.0. The molecule has 1 fully saturated rings. The highest BCUT2D eigenvalue weighted by molar-refractivity contribution is 5.76. The van der Waals surface area contributed by atoms with Crippen molar-refractivity contribution < 1.29 is 19.1 Å². The third kappa shape index (κ3) is 4.21. The van der Waals surface area contributed by atoms with Crippen LogP contribution in [0.1, 0.15) is 30.4 Å². The highest BCUT2D eigenvalue weighted by Gasteiger charge is 2.16. The molecule has 0 saturated carbocycles. The molecule has 1 aromatic carbocycles. The molecule has 1 N–H and O–H groups in total. The Morgan fingerprint density at radius 2 is 2.10 bits per heavy atom. The van der Waals surface area contributed by atoms with Gasteiger partial charge in [-0.1, -0.05) is 18.2 Å². The lowest BCUT2D eigenvalue weighted by atomic mass is 10.1. The summed E-state index contributed by atoms with van der Waals surface area (Å²) >= 11 is 0. The second-order valence-electron chi connectivity index (χ2n) is 4.95. The number of para-hydroxylation sites is 1. The number of aryl methyl sites for hydroxylation is 2. The quantitative estimate of drug-likeness (QED) is 0.840. The molecule has 0 radical (unpaired) electrons. The van der Waals surface area contributed by atoms with Gasteiger partial charge in [0.1, 0.15) is 5.75 Å². The Morgan fingerprint density at radius 1 is 1.35 bits per heavy atom. The molecule has 1 aliphatic heterocycles. The monoisotopic (exact) mass is 279 g/mol. The van der Waals surface area contributed by atoms with Crippen LogP contribution in [0.5, 0.6) is 5.75 Å². The fourth-order valence-corrected chi connectivity index (χ4v) is 2.13. The molecule has 110 valence electrons. The largest absolute Gasteiger partial charge is 0.483 e. The number of carbonyl (C=O) groups excluding carboxylic acids is 1. The molecule has 0 bridgehead atoms. The molecule has 5 nitrogen and oxygen atoms in total. The van der Waals surface area contributed by atoms with Crippen LogP contribution in [0.25, 0.3) is 0 Å². The van der Waals surface area contributed by atoms with E-state index in [2.05, 4.69) is 5.48 Å². The lowest BCUT2D eigenvalue weighted by molar-refractivity contribution is -0.201. The van der Waals surface area contributed by atoms with Gasteiger partial charge in [0.2, 0.25) is 0 Å². The van der Waals surface area contributed by atoms with Crippen molar-refractivity contribution in [2.24, 2.45) is 0 Å². The molecule has 20 heavy (non-hydrogen) atoms. The Labute approximate surface area is 119 Å². The van der Waals surface area contributed by atoms with Gasteiger partial charge in [-0.2, -0.15) is 0 Å². The van der Waals surface area contributed by atoms with Crippen LogP contribution in [-0.4, -0.2) is 25.4 Å². The molecule has 0 spiro atoms. The average Bonchev–Trinajstić information content (AvgIpc) is 2.46. The molecule has 5 heteroatoms. The summed E-state index contributed by atoms with van der Waals surface area (Å²) in [7, 11) is 0. The van der Waals surface area contributed by atoms with Crippen LogP contribution in [0.2, 0.25) is 0 Å². The highest BCUT2D eigenvalue weighted by Crippen LogP contribution is 2.22. The Kier molecular flexibility index (Phi) is 5.38. The predicted molar refractivity (Wildman–Crippen MR) is 74.2 cm³/mol. The topological polar surface area (TPSA) is 56.8 Å². The van der Waals surface area contributed by atoms with Crippen molar-refractivity contribution in [1.82, 2.24) is 5.48 Å². The molecule has 1 heterocycles. The molecule has 0 aromatic heterocycles. The van der Waals surface area contributed by atoms with E-state index in [1.165, 1.54) is 0 Å². The fraction of sp³-hybridized carbons (Fsp3) is 0.533. The highest BCUT2D eigenvalue weighted by atomic mass is 16.8. The second kappa shape index (κ2) is 7.26. The summed E-state index contributed by atoms with van der Waals surface area (Å²) in [4.78, 5) is 16.9. The summed E-state index contributed by atoms with van der Waals surface area (Å²) in [5.41, 5.74) is 4.39. The van der Waals surface area contributed by atoms with E-state index in [0.29, 0.717) is 6.61 Å². The summed E-state index contributed by atoms with van der Waals surface area (Å²) in [6.07, 6.45) is 2.56. The third-order valence-corrected chi connectivity index (χ3v) is 3.20. The molecule has 1 atom stereocenters. The lowest BCUT2D eigenvalue weighted by Crippen LogP contribution is -2.35. The summed E-state index contributed by atoms with van der Waals surface area (Å²) in [6.45, 7) is 4.51. The molecule has 1 saturated heterocycles. The van der Waals surface area contributed by atoms with Gasteiger partial charge in [-0.3, -0.25) is 4.79 Å². The maximum Gasteiger partial charge on any atom is 0.281 e. The van der Waals surface area contributed by atoms with E-state index in [1.807, 2.05) is 32.0 Å². The number of nitrogens with one attached hydrogen (secondary N) is 1. The molecule has 0 aliphatic carbocycles. The number of hydrogen-bond donors (Lipinski definition) is 1. The summed E-state index contributed by atoms with van der Waals surface area (Å²) in [5, 5.41) is 0. The Hall–Kier alpha value is -1.59. The first kappa shape index (κ1) is 14.8. The Morgan fingerprint density at radius 3 is 2.75 bits per heavy atom. The van der Waals surface area contributed by atoms with Gasteiger partial charge in [-0.25, -0.2) is 10.3 Å². The van der Waals surface area contributed by atoms with Crippen molar-refractivity contribution >= 4 is 5.91 Å². The van der Waals surface area contributed by atoms with Crippen molar-refractivity contribution in [2.75, 3.05) is 13.2 Å². The van der Waals surface area contributed by atoms with Gasteiger partial charge in [0.15, 0.2) is 12.9 Å². The summed E-state index contributed by atoms with van der Waals surface area (Å²) < 4.78 is 10.9. The van der Waals surface area contributed by atoms with Crippen molar-refractivity contribution in [3.63, 3.8) is 0 Å². The van der Waals surface area contributed by atoms with Gasteiger partial charge in [-0.05, 0) is 37.8 Å². The van der Waals surface area contributed by atoms with Gasteiger partial charge in [0, 0.05) is 13.0 Å². The minimum atomic E-state index is -0.340. The number of hydroxylamine groups is 1. The maximum absolute atomic E-state index is 11.7. The number of hydrogen-bond acceptors (Lipinski definition) is 4. The zero-order valence-corrected chi connectivity index (χ0v) is 12.0. The van der Waals surface area contributed by atoms with E-state index in [1.54, 1.807) is 0 Å². The fourth-order valence-electron chi connectivity index (χ4n) is 2.13. The van der Waals surface area contributed by atoms with Crippen LogP contribution in [0.4, 0.5) is 0 Å². The number of benzene rings is 1. The number of rotatable bonds is 5. The first-order valence-corrected chi connectivity index (χ1v) is 6.92. The molecule has 0 unspecified atom stereocenters. The SMILES string of the molecule is Cc1cccc(C)c1OCC(=O)NO[C@H]1CCCCO1. The van der Waals surface area contributed by atoms with Crippen LogP contribution >= 0.6 is 0 Å². The Balaban J connectivity index is 1.74. The van der Waals surface area contributed by atoms with E-state index in [-0.39, 0.29) is 18.8 Å². The van der Waals surface area contributed by atoms with E-state index in [4.69, 9.17) is 14.3 Å². The van der Waals surface area contributed by atoms with Crippen LogP contribution < -0.4 is 10.2 Å². The molecule has 1 aromatic rings. The number of amides is 1. The van der Waals surface area contributed by atoms with Crippen molar-refractivity contribution in [1.29, 1.82) is 0 Å². The number of carbonyl (C=O) groups is 1. The minimum absolute atomic E-state index is 0.0710. The van der Waals surface area contributed by atoms with E-state index in [9.17, 15) is 4.79 Å². The number of ether oxygens (including phenoxy) is 2. The third-order valence-electron chi connectivity index (χ3n) is 3.20. The van der Waals surface area contributed by atoms with Crippen molar-refractivity contribution in [3.05, 3.63) is 29.3 Å². The minimum Gasteiger partial charge on any atom is -0.483 e. The van der Waals surface area contributed by atoms with Crippen LogP contribution in [0, 0.1) is 13.8 Å². The Bertz CT molecular complexity index is 435. The first-order chi connectivity index (χ1) is 9.66. The molecule has 1 amide bonds. The average molecular weight is 279 g/mol. The van der Waals surface area contributed by atoms with Crippen molar-refractivity contribution in [3.8, 4) is 5.75 Å². The summed E-state index contributed by atoms with van der Waals surface area (Å²) in [5.74, 6) is 0.429. The van der Waals surface area contributed by atoms with Gasteiger partial charge in [0.25, 0.3) is 5.91 Å². The van der Waals surface area contributed by atoms with E-state index < -0.39 is 0 Å². The molecular weight excluding hydrogens is 258 g/mol. The molecule has 2 rings (SSSR count). The lowest BCUT2D eigenvalue weighted by Gasteiger charge is -2.22. The summed E-state index contributed by atoms with van der Waals surface area (Å²) in [6, 6.07) is 5.86.